The van der Waals surface area contributed by atoms with Crippen molar-refractivity contribution < 1.29 is 4.79 Å². The van der Waals surface area contributed by atoms with Gasteiger partial charge >= 0.3 is 0 Å². The minimum absolute atomic E-state index is 0.337. The lowest BCUT2D eigenvalue weighted by atomic mass is 10.1. The first-order valence-electron chi connectivity index (χ1n) is 3.92. The van der Waals surface area contributed by atoms with Crippen molar-refractivity contribution in [1.29, 1.82) is 0 Å². The predicted molar refractivity (Wildman–Crippen MR) is 41.8 cm³/mol. The summed E-state index contributed by atoms with van der Waals surface area (Å²) < 4.78 is 0. The molecule has 1 unspecified atom stereocenters. The third kappa shape index (κ3) is 1.69. The van der Waals surface area contributed by atoms with Gasteiger partial charge in [-0.05, 0) is 31.3 Å². The van der Waals surface area contributed by atoms with Gasteiger partial charge in [-0.1, -0.05) is 13.0 Å². The molecule has 0 bridgehead atoms. The van der Waals surface area contributed by atoms with Crippen molar-refractivity contribution in [2.75, 3.05) is 0 Å². The summed E-state index contributed by atoms with van der Waals surface area (Å²) in [6.45, 7) is 4.09. The Labute approximate surface area is 62.1 Å². The molecule has 0 N–H and O–H groups in total. The number of hydrogen-bond acceptors (Lipinski definition) is 1. The Kier molecular flexibility index (Phi) is 2.25. The minimum Gasteiger partial charge on any atom is -0.295 e. The molecule has 0 spiro atoms. The van der Waals surface area contributed by atoms with E-state index < -0.39 is 0 Å². The van der Waals surface area contributed by atoms with Crippen molar-refractivity contribution in [3.05, 3.63) is 11.6 Å². The first kappa shape index (κ1) is 7.52. The average molecular weight is 138 g/mol. The summed E-state index contributed by atoms with van der Waals surface area (Å²) in [5, 5.41) is 0. The molecule has 56 valence electrons. The van der Waals surface area contributed by atoms with E-state index in [1.54, 1.807) is 0 Å². The Bertz CT molecular complexity index is 168. The van der Waals surface area contributed by atoms with Gasteiger partial charge in [0.2, 0.25) is 0 Å². The molecular formula is C9H14O. The molecule has 0 radical (unpaired) electrons. The second-order valence-corrected chi connectivity index (χ2v) is 3.14. The van der Waals surface area contributed by atoms with Crippen molar-refractivity contribution in [3.63, 3.8) is 0 Å². The van der Waals surface area contributed by atoms with Crippen LogP contribution in [0.3, 0.4) is 0 Å². The largest absolute Gasteiger partial charge is 0.295 e. The third-order valence-corrected chi connectivity index (χ3v) is 2.04. The van der Waals surface area contributed by atoms with Crippen LogP contribution in [-0.4, -0.2) is 5.78 Å². The molecule has 0 aromatic rings. The van der Waals surface area contributed by atoms with E-state index in [1.807, 2.05) is 6.92 Å². The maximum absolute atomic E-state index is 11.1. The molecule has 1 heteroatoms. The lowest BCUT2D eigenvalue weighted by Gasteiger charge is -1.99. The highest BCUT2D eigenvalue weighted by atomic mass is 16.1. The highest BCUT2D eigenvalue weighted by molar-refractivity contribution is 5.94. The monoisotopic (exact) mass is 138 g/mol. The van der Waals surface area contributed by atoms with E-state index in [0.717, 1.165) is 18.4 Å². The number of carbonyl (C=O) groups is 1. The van der Waals surface area contributed by atoms with E-state index >= 15 is 0 Å². The zero-order valence-electron chi connectivity index (χ0n) is 6.68. The maximum atomic E-state index is 11.1. The highest BCUT2D eigenvalue weighted by Crippen LogP contribution is 2.18. The fourth-order valence-electron chi connectivity index (χ4n) is 1.38. The Morgan fingerprint density at radius 2 is 2.30 bits per heavy atom. The number of carbonyl (C=O) groups excluding carboxylic acids is 1. The van der Waals surface area contributed by atoms with E-state index in [1.165, 1.54) is 6.42 Å². The Balaban J connectivity index is 2.70. The average Bonchev–Trinajstić information content (AvgIpc) is 1.96. The topological polar surface area (TPSA) is 17.1 Å². The van der Waals surface area contributed by atoms with Crippen LogP contribution in [0.4, 0.5) is 0 Å². The zero-order chi connectivity index (χ0) is 7.56. The van der Waals surface area contributed by atoms with Gasteiger partial charge in [-0.25, -0.2) is 0 Å². The molecule has 0 heterocycles. The number of hydrogen-bond donors (Lipinski definition) is 0. The number of allylic oxidation sites excluding steroid dienone is 2. The summed E-state index contributed by atoms with van der Waals surface area (Å²) in [5.41, 5.74) is 0.963. The summed E-state index contributed by atoms with van der Waals surface area (Å²) in [7, 11) is 0. The van der Waals surface area contributed by atoms with E-state index in [4.69, 9.17) is 0 Å². The molecular weight excluding hydrogens is 124 g/mol. The number of ketones is 1. The minimum atomic E-state index is 0.337. The van der Waals surface area contributed by atoms with Gasteiger partial charge in [-0.15, -0.1) is 0 Å². The molecule has 0 amide bonds. The van der Waals surface area contributed by atoms with Crippen LogP contribution in [0, 0.1) is 5.92 Å². The van der Waals surface area contributed by atoms with Crippen LogP contribution in [0.1, 0.15) is 33.1 Å². The van der Waals surface area contributed by atoms with Gasteiger partial charge in [-0.3, -0.25) is 4.79 Å². The molecule has 1 aliphatic carbocycles. The standard InChI is InChI=1S/C9H14O/c1-7-4-3-5-9(10)8(2)6-7/h6-7H,3-5H2,1-2H3. The van der Waals surface area contributed by atoms with Crippen molar-refractivity contribution >= 4 is 5.78 Å². The van der Waals surface area contributed by atoms with Gasteiger partial charge in [0.1, 0.15) is 0 Å². The fourth-order valence-corrected chi connectivity index (χ4v) is 1.38. The molecule has 0 fully saturated rings. The SMILES string of the molecule is CC1=CC(C)CCCC1=O. The van der Waals surface area contributed by atoms with Crippen LogP contribution in [0.25, 0.3) is 0 Å². The summed E-state index contributed by atoms with van der Waals surface area (Å²) in [6.07, 6.45) is 5.08. The molecule has 0 saturated carbocycles. The second-order valence-electron chi connectivity index (χ2n) is 3.14. The van der Waals surface area contributed by atoms with E-state index in [0.29, 0.717) is 11.7 Å². The lowest BCUT2D eigenvalue weighted by molar-refractivity contribution is -0.115. The van der Waals surface area contributed by atoms with Gasteiger partial charge in [-0.2, -0.15) is 0 Å². The predicted octanol–water partition coefficient (Wildman–Crippen LogP) is 2.32. The first-order chi connectivity index (χ1) is 4.70. The quantitative estimate of drug-likeness (QED) is 0.502. The molecule has 10 heavy (non-hydrogen) atoms. The fraction of sp³-hybridized carbons (Fsp3) is 0.667. The van der Waals surface area contributed by atoms with Crippen LogP contribution >= 0.6 is 0 Å². The van der Waals surface area contributed by atoms with Gasteiger partial charge in [0, 0.05) is 6.42 Å². The van der Waals surface area contributed by atoms with Gasteiger partial charge in [0.05, 0.1) is 0 Å². The number of Topliss-reactive ketones (excluding diaryl/α,β-unsaturated/α-hetero) is 1. The van der Waals surface area contributed by atoms with E-state index in [9.17, 15) is 4.79 Å². The molecule has 0 aromatic carbocycles. The summed E-state index contributed by atoms with van der Waals surface area (Å²) >= 11 is 0. The molecule has 1 nitrogen and oxygen atoms in total. The first-order valence-corrected chi connectivity index (χ1v) is 3.92. The Hall–Kier alpha value is -0.590. The Morgan fingerprint density at radius 1 is 1.60 bits per heavy atom. The molecule has 0 aromatic heterocycles. The van der Waals surface area contributed by atoms with Gasteiger partial charge < -0.3 is 0 Å². The zero-order valence-corrected chi connectivity index (χ0v) is 6.68. The van der Waals surface area contributed by atoms with Crippen LogP contribution in [0.2, 0.25) is 0 Å². The third-order valence-electron chi connectivity index (χ3n) is 2.04. The van der Waals surface area contributed by atoms with Crippen LogP contribution in [-0.2, 0) is 4.79 Å². The summed E-state index contributed by atoms with van der Waals surface area (Å²) in [4.78, 5) is 11.1. The smallest absolute Gasteiger partial charge is 0.158 e. The molecule has 0 saturated heterocycles. The van der Waals surface area contributed by atoms with Crippen molar-refractivity contribution in [1.82, 2.24) is 0 Å². The van der Waals surface area contributed by atoms with Crippen LogP contribution < -0.4 is 0 Å². The molecule has 0 aliphatic heterocycles. The van der Waals surface area contributed by atoms with Crippen LogP contribution in [0.15, 0.2) is 11.6 Å². The van der Waals surface area contributed by atoms with Gasteiger partial charge in [0.25, 0.3) is 0 Å². The summed E-state index contributed by atoms with van der Waals surface area (Å²) in [5.74, 6) is 0.941. The normalized spacial score (nSPS) is 27.6. The van der Waals surface area contributed by atoms with Crippen molar-refractivity contribution in [3.8, 4) is 0 Å². The van der Waals surface area contributed by atoms with E-state index in [2.05, 4.69) is 13.0 Å². The summed E-state index contributed by atoms with van der Waals surface area (Å²) in [6, 6.07) is 0. The van der Waals surface area contributed by atoms with Crippen LogP contribution in [0.5, 0.6) is 0 Å². The maximum Gasteiger partial charge on any atom is 0.158 e. The highest BCUT2D eigenvalue weighted by Gasteiger charge is 2.11. The van der Waals surface area contributed by atoms with E-state index in [-0.39, 0.29) is 0 Å². The molecule has 1 atom stereocenters. The van der Waals surface area contributed by atoms with Gasteiger partial charge in [0.15, 0.2) is 5.78 Å². The lowest BCUT2D eigenvalue weighted by Crippen LogP contribution is -1.95. The number of rotatable bonds is 0. The Morgan fingerprint density at radius 3 is 3.00 bits per heavy atom. The second kappa shape index (κ2) is 3.00. The van der Waals surface area contributed by atoms with Crippen molar-refractivity contribution in [2.45, 2.75) is 33.1 Å². The molecule has 1 rings (SSSR count). The van der Waals surface area contributed by atoms with Crippen molar-refractivity contribution in [2.24, 2.45) is 5.92 Å². The molecule has 1 aliphatic rings.